The molecule has 21 heavy (non-hydrogen) atoms. The van der Waals surface area contributed by atoms with Crippen LogP contribution in [0, 0.1) is 0 Å². The first-order valence-electron chi connectivity index (χ1n) is 7.28. The Morgan fingerprint density at radius 1 is 1.29 bits per heavy atom. The van der Waals surface area contributed by atoms with Crippen LogP contribution in [-0.4, -0.2) is 45.0 Å². The van der Waals surface area contributed by atoms with Crippen molar-refractivity contribution < 1.29 is 14.3 Å². The number of carbonyl (C=O) groups excluding carboxylic acids is 1. The molecular formula is C15H21N3O3. The van der Waals surface area contributed by atoms with Gasteiger partial charge in [0.2, 0.25) is 0 Å². The number of nitrogens with zero attached hydrogens (tertiary/aromatic N) is 1. The number of nitrogen functional groups attached to an aromatic ring is 1. The van der Waals surface area contributed by atoms with E-state index in [0.717, 1.165) is 31.6 Å². The smallest absolute Gasteiger partial charge is 0.251 e. The molecule has 1 amide bonds. The molecule has 114 valence electrons. The van der Waals surface area contributed by atoms with Crippen LogP contribution in [0.3, 0.4) is 0 Å². The van der Waals surface area contributed by atoms with Gasteiger partial charge in [0.15, 0.2) is 5.79 Å². The van der Waals surface area contributed by atoms with Gasteiger partial charge in [-0.25, -0.2) is 0 Å². The molecule has 0 bridgehead atoms. The molecule has 0 radical (unpaired) electrons. The number of piperidine rings is 1. The van der Waals surface area contributed by atoms with E-state index in [1.165, 1.54) is 0 Å². The lowest BCUT2D eigenvalue weighted by Gasteiger charge is -2.39. The Morgan fingerprint density at radius 2 is 1.95 bits per heavy atom. The van der Waals surface area contributed by atoms with Gasteiger partial charge in [0.25, 0.3) is 5.91 Å². The number of anilines is 2. The molecule has 1 aromatic rings. The third kappa shape index (κ3) is 2.69. The van der Waals surface area contributed by atoms with Crippen LogP contribution in [0.2, 0.25) is 0 Å². The largest absolute Gasteiger partial charge is 0.397 e. The molecule has 6 nitrogen and oxygen atoms in total. The summed E-state index contributed by atoms with van der Waals surface area (Å²) in [4.78, 5) is 13.8. The van der Waals surface area contributed by atoms with E-state index in [0.29, 0.717) is 24.5 Å². The predicted octanol–water partition coefficient (Wildman–Crippen LogP) is 0.972. The van der Waals surface area contributed by atoms with Crippen molar-refractivity contribution in [3.05, 3.63) is 23.8 Å². The van der Waals surface area contributed by atoms with Crippen LogP contribution in [0.5, 0.6) is 0 Å². The van der Waals surface area contributed by atoms with Crippen LogP contribution in [0.25, 0.3) is 0 Å². The third-order valence-corrected chi connectivity index (χ3v) is 4.20. The van der Waals surface area contributed by atoms with Gasteiger partial charge in [0.1, 0.15) is 0 Å². The Hall–Kier alpha value is -1.79. The monoisotopic (exact) mass is 291 g/mol. The molecule has 2 aliphatic heterocycles. The maximum Gasteiger partial charge on any atom is 0.251 e. The number of nitrogens with two attached hydrogens (primary N) is 1. The average molecular weight is 291 g/mol. The lowest BCUT2D eigenvalue weighted by molar-refractivity contribution is -0.169. The number of ether oxygens (including phenoxy) is 2. The molecule has 2 saturated heterocycles. The Kier molecular flexibility index (Phi) is 3.73. The first-order valence-corrected chi connectivity index (χ1v) is 7.28. The molecule has 2 fully saturated rings. The van der Waals surface area contributed by atoms with Gasteiger partial charge < -0.3 is 25.4 Å². The summed E-state index contributed by atoms with van der Waals surface area (Å²) in [6.07, 6.45) is 1.67. The van der Waals surface area contributed by atoms with E-state index in [1.54, 1.807) is 19.2 Å². The lowest BCUT2D eigenvalue weighted by Crippen LogP contribution is -2.45. The molecule has 0 saturated carbocycles. The van der Waals surface area contributed by atoms with E-state index >= 15 is 0 Å². The fourth-order valence-electron chi connectivity index (χ4n) is 3.00. The highest BCUT2D eigenvalue weighted by molar-refractivity contribution is 5.96. The first kappa shape index (κ1) is 14.2. The van der Waals surface area contributed by atoms with Crippen molar-refractivity contribution >= 4 is 17.3 Å². The summed E-state index contributed by atoms with van der Waals surface area (Å²) >= 11 is 0. The van der Waals surface area contributed by atoms with Crippen LogP contribution >= 0.6 is 0 Å². The summed E-state index contributed by atoms with van der Waals surface area (Å²) in [5, 5.41) is 2.60. The minimum absolute atomic E-state index is 0.126. The summed E-state index contributed by atoms with van der Waals surface area (Å²) in [6.45, 7) is 3.04. The molecule has 3 rings (SSSR count). The first-order chi connectivity index (χ1) is 10.1. The number of rotatable bonds is 2. The second kappa shape index (κ2) is 5.54. The Bertz CT molecular complexity index is 531. The fraction of sp³-hybridized carbons (Fsp3) is 0.533. The maximum absolute atomic E-state index is 11.6. The average Bonchev–Trinajstić information content (AvgIpc) is 2.96. The molecular weight excluding hydrogens is 270 g/mol. The molecule has 0 atom stereocenters. The summed E-state index contributed by atoms with van der Waals surface area (Å²) < 4.78 is 11.5. The number of carbonyl (C=O) groups is 1. The zero-order valence-corrected chi connectivity index (χ0v) is 12.2. The molecule has 2 aliphatic rings. The van der Waals surface area contributed by atoms with Gasteiger partial charge >= 0.3 is 0 Å². The molecule has 0 aliphatic carbocycles. The highest BCUT2D eigenvalue weighted by Gasteiger charge is 2.40. The van der Waals surface area contributed by atoms with Crippen LogP contribution < -0.4 is 16.0 Å². The minimum atomic E-state index is -0.382. The zero-order chi connectivity index (χ0) is 14.9. The van der Waals surface area contributed by atoms with Gasteiger partial charge in [-0.1, -0.05) is 0 Å². The second-order valence-corrected chi connectivity index (χ2v) is 5.45. The van der Waals surface area contributed by atoms with Crippen LogP contribution in [0.4, 0.5) is 11.4 Å². The van der Waals surface area contributed by atoms with Crippen molar-refractivity contribution in [2.24, 2.45) is 0 Å². The van der Waals surface area contributed by atoms with Gasteiger partial charge in [-0.2, -0.15) is 0 Å². The van der Waals surface area contributed by atoms with Crippen LogP contribution in [-0.2, 0) is 9.47 Å². The maximum atomic E-state index is 11.6. The fourth-order valence-corrected chi connectivity index (χ4v) is 3.00. The van der Waals surface area contributed by atoms with Crippen LogP contribution in [0.15, 0.2) is 18.2 Å². The predicted molar refractivity (Wildman–Crippen MR) is 80.3 cm³/mol. The summed E-state index contributed by atoms with van der Waals surface area (Å²) in [7, 11) is 1.61. The SMILES string of the molecule is CNC(=O)c1ccc(N2CCC3(CC2)OCCO3)c(N)c1. The summed E-state index contributed by atoms with van der Waals surface area (Å²) in [5.41, 5.74) is 8.28. The number of benzene rings is 1. The van der Waals surface area contributed by atoms with Crippen LogP contribution in [0.1, 0.15) is 23.2 Å². The number of hydrogen-bond donors (Lipinski definition) is 2. The van der Waals surface area contributed by atoms with Crippen molar-refractivity contribution in [1.82, 2.24) is 5.32 Å². The van der Waals surface area contributed by atoms with Gasteiger partial charge in [-0.15, -0.1) is 0 Å². The Labute approximate surface area is 124 Å². The molecule has 1 spiro atoms. The van der Waals surface area contributed by atoms with Crippen molar-refractivity contribution in [1.29, 1.82) is 0 Å². The summed E-state index contributed by atoms with van der Waals surface area (Å²) in [6, 6.07) is 5.44. The molecule has 2 heterocycles. The lowest BCUT2D eigenvalue weighted by atomic mass is 10.0. The molecule has 0 unspecified atom stereocenters. The summed E-state index contributed by atoms with van der Waals surface area (Å²) in [5.74, 6) is -0.508. The second-order valence-electron chi connectivity index (χ2n) is 5.45. The highest BCUT2D eigenvalue weighted by atomic mass is 16.7. The third-order valence-electron chi connectivity index (χ3n) is 4.20. The number of nitrogens with one attached hydrogen (secondary N) is 1. The minimum Gasteiger partial charge on any atom is -0.397 e. The Balaban J connectivity index is 1.72. The molecule has 1 aromatic carbocycles. The topological polar surface area (TPSA) is 76.8 Å². The zero-order valence-electron chi connectivity index (χ0n) is 12.2. The number of hydrogen-bond acceptors (Lipinski definition) is 5. The van der Waals surface area contributed by atoms with E-state index in [-0.39, 0.29) is 11.7 Å². The van der Waals surface area contributed by atoms with Crippen molar-refractivity contribution in [2.75, 3.05) is 44.0 Å². The van der Waals surface area contributed by atoms with Gasteiger partial charge in [-0.05, 0) is 18.2 Å². The number of amides is 1. The van der Waals surface area contributed by atoms with E-state index in [2.05, 4.69) is 10.2 Å². The van der Waals surface area contributed by atoms with E-state index in [9.17, 15) is 4.79 Å². The Morgan fingerprint density at radius 3 is 2.52 bits per heavy atom. The highest BCUT2D eigenvalue weighted by Crippen LogP contribution is 2.35. The quantitative estimate of drug-likeness (QED) is 0.794. The van der Waals surface area contributed by atoms with Crippen molar-refractivity contribution in [2.45, 2.75) is 18.6 Å². The van der Waals surface area contributed by atoms with E-state index in [1.807, 2.05) is 6.07 Å². The van der Waals surface area contributed by atoms with Crippen molar-refractivity contribution in [3.8, 4) is 0 Å². The molecule has 6 heteroatoms. The molecule has 0 aromatic heterocycles. The van der Waals surface area contributed by atoms with Gasteiger partial charge in [-0.3, -0.25) is 4.79 Å². The van der Waals surface area contributed by atoms with Gasteiger partial charge in [0.05, 0.1) is 24.6 Å². The van der Waals surface area contributed by atoms with Crippen molar-refractivity contribution in [3.63, 3.8) is 0 Å². The van der Waals surface area contributed by atoms with E-state index in [4.69, 9.17) is 15.2 Å². The van der Waals surface area contributed by atoms with Gasteiger partial charge in [0, 0.05) is 38.5 Å². The van der Waals surface area contributed by atoms with E-state index < -0.39 is 0 Å². The standard InChI is InChI=1S/C15H21N3O3/c1-17-14(19)11-2-3-13(12(16)10-11)18-6-4-15(5-7-18)20-8-9-21-15/h2-3,10H,4-9,16H2,1H3,(H,17,19). The molecule has 3 N–H and O–H groups in total. The normalized spacial score (nSPS) is 20.7.